The SMILES string of the molecule is [2H]C([2H])([2H])c1nnn(C)c1-c1cc2c(cc1F)c1ncc(C(C)(C)O)cc1n2[C@H](c1ncccc1F)C1CCOCC1. The van der Waals surface area contributed by atoms with Crippen LogP contribution >= 0.6 is 0 Å². The molecule has 0 saturated carbocycles. The van der Waals surface area contributed by atoms with Crippen molar-refractivity contribution in [2.45, 2.75) is 45.2 Å². The predicted octanol–water partition coefficient (Wildman–Crippen LogP) is 5.21. The van der Waals surface area contributed by atoms with E-state index >= 15 is 8.78 Å². The molecule has 6 rings (SSSR count). The number of rotatable bonds is 5. The van der Waals surface area contributed by atoms with Gasteiger partial charge >= 0.3 is 0 Å². The van der Waals surface area contributed by atoms with Gasteiger partial charge in [-0.25, -0.2) is 13.5 Å². The van der Waals surface area contributed by atoms with Crippen LogP contribution in [0.5, 0.6) is 0 Å². The van der Waals surface area contributed by atoms with Crippen molar-refractivity contribution in [1.82, 2.24) is 29.5 Å². The minimum atomic E-state index is -2.64. The van der Waals surface area contributed by atoms with Crippen LogP contribution in [-0.4, -0.2) is 47.8 Å². The number of hydrogen-bond acceptors (Lipinski definition) is 6. The second kappa shape index (κ2) is 9.46. The summed E-state index contributed by atoms with van der Waals surface area (Å²) in [6, 6.07) is 6.90. The van der Waals surface area contributed by atoms with Crippen molar-refractivity contribution >= 4 is 21.9 Å². The molecule has 0 radical (unpaired) electrons. The molecular weight excluding hydrogens is 502 g/mol. The molecule has 0 spiro atoms. The molecule has 4 aromatic heterocycles. The molecule has 5 heterocycles. The maximum Gasteiger partial charge on any atom is 0.146 e. The van der Waals surface area contributed by atoms with Crippen molar-refractivity contribution in [3.8, 4) is 11.3 Å². The van der Waals surface area contributed by atoms with Crippen LogP contribution in [0.1, 0.15) is 53.8 Å². The summed E-state index contributed by atoms with van der Waals surface area (Å²) in [6.07, 6.45) is 4.33. The second-order valence-electron chi connectivity index (χ2n) is 10.5. The molecule has 1 N–H and O–H groups in total. The zero-order valence-electron chi connectivity index (χ0n) is 24.8. The molecule has 0 bridgehead atoms. The summed E-state index contributed by atoms with van der Waals surface area (Å²) in [5.41, 5.74) is 0.686. The number of aryl methyl sites for hydroxylation is 2. The number of hydrogen-bond donors (Lipinski definition) is 1. The van der Waals surface area contributed by atoms with Gasteiger partial charge in [-0.05, 0) is 69.8 Å². The van der Waals surface area contributed by atoms with Gasteiger partial charge in [0.2, 0.25) is 0 Å². The Bertz CT molecular complexity index is 1810. The van der Waals surface area contributed by atoms with E-state index in [2.05, 4.69) is 20.3 Å². The van der Waals surface area contributed by atoms with Crippen molar-refractivity contribution in [2.24, 2.45) is 13.0 Å². The van der Waals surface area contributed by atoms with Crippen molar-refractivity contribution in [2.75, 3.05) is 13.2 Å². The zero-order valence-corrected chi connectivity index (χ0v) is 21.8. The maximum atomic E-state index is 16.0. The number of pyridine rings is 2. The Hall–Kier alpha value is -3.76. The Morgan fingerprint density at radius 3 is 2.64 bits per heavy atom. The largest absolute Gasteiger partial charge is 0.386 e. The molecule has 0 unspecified atom stereocenters. The summed E-state index contributed by atoms with van der Waals surface area (Å²) in [7, 11) is 1.50. The van der Waals surface area contributed by atoms with E-state index < -0.39 is 30.1 Å². The molecule has 1 aromatic carbocycles. The van der Waals surface area contributed by atoms with Gasteiger partial charge in [-0.15, -0.1) is 5.10 Å². The van der Waals surface area contributed by atoms with Crippen molar-refractivity contribution in [3.63, 3.8) is 0 Å². The normalized spacial score (nSPS) is 17.3. The fourth-order valence-electron chi connectivity index (χ4n) is 5.60. The van der Waals surface area contributed by atoms with Gasteiger partial charge in [0.1, 0.15) is 11.6 Å². The van der Waals surface area contributed by atoms with Gasteiger partial charge in [0.15, 0.2) is 0 Å². The molecular formula is C29H30F2N6O2. The number of aliphatic hydroxyl groups is 1. The van der Waals surface area contributed by atoms with Gasteiger partial charge in [0, 0.05) is 53.3 Å². The average Bonchev–Trinajstić information content (AvgIpc) is 3.47. The van der Waals surface area contributed by atoms with Crippen molar-refractivity contribution < 1.29 is 22.7 Å². The second-order valence-corrected chi connectivity index (χ2v) is 10.5. The Morgan fingerprint density at radius 1 is 1.13 bits per heavy atom. The highest BCUT2D eigenvalue weighted by atomic mass is 19.1. The molecule has 1 aliphatic rings. The van der Waals surface area contributed by atoms with E-state index in [-0.39, 0.29) is 28.6 Å². The van der Waals surface area contributed by atoms with Crippen LogP contribution in [0.4, 0.5) is 8.78 Å². The van der Waals surface area contributed by atoms with Gasteiger partial charge in [-0.3, -0.25) is 9.97 Å². The van der Waals surface area contributed by atoms with E-state index in [1.165, 1.54) is 36.1 Å². The molecule has 0 amide bonds. The van der Waals surface area contributed by atoms with E-state index in [0.29, 0.717) is 53.6 Å². The first-order valence-electron chi connectivity index (χ1n) is 14.3. The van der Waals surface area contributed by atoms with E-state index in [1.54, 1.807) is 32.2 Å². The van der Waals surface area contributed by atoms with E-state index in [4.69, 9.17) is 8.85 Å². The first kappa shape index (κ1) is 22.1. The summed E-state index contributed by atoms with van der Waals surface area (Å²) in [4.78, 5) is 9.11. The lowest BCUT2D eigenvalue weighted by Gasteiger charge is -2.32. The number of ether oxygens (including phenoxy) is 1. The standard InChI is InChI=1S/C29H30F2N6O2/c1-16-27(36(4)35-34-16)19-14-23-20(13-22(19)31)25-24(12-18(15-33-25)29(2,3)38)37(23)28(17-7-10-39-11-8-17)26-21(30)6-5-9-32-26/h5-6,9,12-15,17,28,38H,7-8,10-11H2,1-4H3/t28-/m0/s1/i1D3. The highest BCUT2D eigenvalue weighted by Gasteiger charge is 2.34. The summed E-state index contributed by atoms with van der Waals surface area (Å²) < 4.78 is 64.1. The lowest BCUT2D eigenvalue weighted by atomic mass is 9.88. The third-order valence-corrected chi connectivity index (χ3v) is 7.57. The third-order valence-electron chi connectivity index (χ3n) is 7.57. The minimum absolute atomic E-state index is 0.0138. The molecule has 8 nitrogen and oxygen atoms in total. The fraction of sp³-hybridized carbons (Fsp3) is 0.379. The highest BCUT2D eigenvalue weighted by Crippen LogP contribution is 2.42. The molecule has 202 valence electrons. The van der Waals surface area contributed by atoms with Crippen LogP contribution in [-0.2, 0) is 17.4 Å². The van der Waals surface area contributed by atoms with Crippen molar-refractivity contribution in [3.05, 3.63) is 71.3 Å². The summed E-state index contributed by atoms with van der Waals surface area (Å²) in [5, 5.41) is 19.0. The summed E-state index contributed by atoms with van der Waals surface area (Å²) in [6.45, 7) is 1.62. The Morgan fingerprint density at radius 2 is 1.92 bits per heavy atom. The molecule has 1 aliphatic heterocycles. The molecule has 39 heavy (non-hydrogen) atoms. The van der Waals surface area contributed by atoms with Crippen LogP contribution < -0.4 is 0 Å². The van der Waals surface area contributed by atoms with E-state index in [1.807, 2.05) is 4.57 Å². The van der Waals surface area contributed by atoms with Gasteiger partial charge in [0.25, 0.3) is 0 Å². The monoisotopic (exact) mass is 535 g/mol. The van der Waals surface area contributed by atoms with Crippen LogP contribution in [0.25, 0.3) is 33.2 Å². The molecule has 0 aliphatic carbocycles. The van der Waals surface area contributed by atoms with Gasteiger partial charge in [-0.2, -0.15) is 0 Å². The average molecular weight is 536 g/mol. The van der Waals surface area contributed by atoms with Crippen LogP contribution in [0.2, 0.25) is 0 Å². The molecule has 1 saturated heterocycles. The number of nitrogens with zero attached hydrogens (tertiary/aromatic N) is 6. The lowest BCUT2D eigenvalue weighted by Crippen LogP contribution is -2.28. The number of aromatic nitrogens is 6. The predicted molar refractivity (Wildman–Crippen MR) is 143 cm³/mol. The molecule has 5 aromatic rings. The first-order chi connectivity index (χ1) is 19.9. The Kier molecular flexibility index (Phi) is 5.36. The quantitative estimate of drug-likeness (QED) is 0.332. The molecule has 1 fully saturated rings. The number of halogens is 2. The molecule has 1 atom stereocenters. The van der Waals surface area contributed by atoms with Gasteiger partial charge < -0.3 is 14.4 Å². The van der Waals surface area contributed by atoms with Crippen LogP contribution in [0, 0.1) is 24.4 Å². The lowest BCUT2D eigenvalue weighted by molar-refractivity contribution is 0.0542. The summed E-state index contributed by atoms with van der Waals surface area (Å²) in [5.74, 6) is -1.27. The summed E-state index contributed by atoms with van der Waals surface area (Å²) >= 11 is 0. The highest BCUT2D eigenvalue weighted by molar-refractivity contribution is 6.07. The topological polar surface area (TPSA) is 90.9 Å². The zero-order chi connectivity index (χ0) is 30.0. The molecule has 10 heteroatoms. The fourth-order valence-corrected chi connectivity index (χ4v) is 5.60. The maximum absolute atomic E-state index is 16.0. The first-order valence-corrected chi connectivity index (χ1v) is 12.8. The van der Waals surface area contributed by atoms with Crippen LogP contribution in [0.3, 0.4) is 0 Å². The van der Waals surface area contributed by atoms with Crippen LogP contribution in [0.15, 0.2) is 42.7 Å². The van der Waals surface area contributed by atoms with E-state index in [9.17, 15) is 5.11 Å². The minimum Gasteiger partial charge on any atom is -0.386 e. The van der Waals surface area contributed by atoms with Gasteiger partial charge in [-0.1, -0.05) is 5.21 Å². The van der Waals surface area contributed by atoms with Crippen molar-refractivity contribution in [1.29, 1.82) is 0 Å². The smallest absolute Gasteiger partial charge is 0.146 e. The number of benzene rings is 1. The van der Waals surface area contributed by atoms with E-state index in [0.717, 1.165) is 0 Å². The Labute approximate surface area is 228 Å². The third kappa shape index (κ3) is 4.28. The number of fused-ring (bicyclic) bond motifs is 3. The Balaban J connectivity index is 1.74. The van der Waals surface area contributed by atoms with Gasteiger partial charge in [0.05, 0.1) is 45.3 Å².